The molecule has 0 heterocycles. The van der Waals surface area contributed by atoms with Crippen LogP contribution in [0.2, 0.25) is 5.02 Å². The van der Waals surface area contributed by atoms with Crippen molar-refractivity contribution in [2.45, 2.75) is 9.79 Å². The summed E-state index contributed by atoms with van der Waals surface area (Å²) >= 11 is 7.64. The van der Waals surface area contributed by atoms with Crippen LogP contribution < -0.4 is 5.73 Å². The third kappa shape index (κ3) is 2.70. The van der Waals surface area contributed by atoms with Crippen molar-refractivity contribution in [3.05, 3.63) is 65.7 Å². The fourth-order valence-electron chi connectivity index (χ4n) is 1.95. The Morgan fingerprint density at radius 3 is 2.47 bits per heavy atom. The lowest BCUT2D eigenvalue weighted by atomic mass is 10.1. The molecule has 3 aromatic carbocycles. The molecule has 94 valence electrons. The Hall–Kier alpha value is -1.64. The zero-order valence-corrected chi connectivity index (χ0v) is 11.7. The number of rotatable bonds is 2. The van der Waals surface area contributed by atoms with Gasteiger partial charge in [-0.25, -0.2) is 0 Å². The summed E-state index contributed by atoms with van der Waals surface area (Å²) in [6, 6.07) is 20.3. The average Bonchev–Trinajstić information content (AvgIpc) is 2.43. The number of hydrogen-bond acceptors (Lipinski definition) is 2. The summed E-state index contributed by atoms with van der Waals surface area (Å²) in [4.78, 5) is 2.15. The highest BCUT2D eigenvalue weighted by molar-refractivity contribution is 7.99. The van der Waals surface area contributed by atoms with E-state index in [9.17, 15) is 0 Å². The zero-order chi connectivity index (χ0) is 13.2. The highest BCUT2D eigenvalue weighted by atomic mass is 35.5. The minimum atomic E-state index is 0.706. The SMILES string of the molecule is Nc1ccc(Cl)cc1Sc1ccc2ccccc2c1. The zero-order valence-electron chi connectivity index (χ0n) is 10.1. The van der Waals surface area contributed by atoms with Gasteiger partial charge in [-0.15, -0.1) is 0 Å². The van der Waals surface area contributed by atoms with E-state index in [1.54, 1.807) is 17.8 Å². The molecule has 2 N–H and O–H groups in total. The molecular weight excluding hydrogens is 274 g/mol. The number of hydrogen-bond donors (Lipinski definition) is 1. The summed E-state index contributed by atoms with van der Waals surface area (Å²) in [5.41, 5.74) is 6.72. The summed E-state index contributed by atoms with van der Waals surface area (Å²) in [6.45, 7) is 0. The fourth-order valence-corrected chi connectivity index (χ4v) is 3.14. The van der Waals surface area contributed by atoms with Crippen LogP contribution in [0.5, 0.6) is 0 Å². The molecule has 3 heteroatoms. The second kappa shape index (κ2) is 5.16. The third-order valence-corrected chi connectivity index (χ3v) is 4.22. The number of nitrogen functional groups attached to an aromatic ring is 1. The lowest BCUT2D eigenvalue weighted by Gasteiger charge is -2.07. The van der Waals surface area contributed by atoms with Crippen molar-refractivity contribution in [1.29, 1.82) is 0 Å². The molecule has 0 aliphatic rings. The number of fused-ring (bicyclic) bond motifs is 1. The van der Waals surface area contributed by atoms with Crippen molar-refractivity contribution in [3.8, 4) is 0 Å². The van der Waals surface area contributed by atoms with Crippen LogP contribution in [0.15, 0.2) is 70.5 Å². The van der Waals surface area contributed by atoms with Crippen molar-refractivity contribution in [1.82, 2.24) is 0 Å². The van der Waals surface area contributed by atoms with E-state index in [2.05, 4.69) is 30.3 Å². The Morgan fingerprint density at radius 1 is 0.842 bits per heavy atom. The maximum absolute atomic E-state index is 6.01. The molecule has 0 spiro atoms. The molecular formula is C16H12ClNS. The molecule has 0 atom stereocenters. The first-order valence-electron chi connectivity index (χ1n) is 5.94. The Bertz CT molecular complexity index is 740. The summed E-state index contributed by atoms with van der Waals surface area (Å²) in [5, 5.41) is 3.18. The van der Waals surface area contributed by atoms with Crippen LogP contribution >= 0.6 is 23.4 Å². The quantitative estimate of drug-likeness (QED) is 0.653. The standard InChI is InChI=1S/C16H12ClNS/c17-13-6-8-15(18)16(10-13)19-14-7-5-11-3-1-2-4-12(11)9-14/h1-10H,18H2. The fraction of sp³-hybridized carbons (Fsp3) is 0. The largest absolute Gasteiger partial charge is 0.398 e. The third-order valence-electron chi connectivity index (χ3n) is 2.92. The Balaban J connectivity index is 1.98. The van der Waals surface area contributed by atoms with Gasteiger partial charge in [-0.2, -0.15) is 0 Å². The van der Waals surface area contributed by atoms with E-state index in [-0.39, 0.29) is 0 Å². The van der Waals surface area contributed by atoms with Gasteiger partial charge in [-0.1, -0.05) is 53.7 Å². The predicted molar refractivity (Wildman–Crippen MR) is 83.9 cm³/mol. The van der Waals surface area contributed by atoms with Crippen LogP contribution in [0, 0.1) is 0 Å². The summed E-state index contributed by atoms with van der Waals surface area (Å²) in [7, 11) is 0. The van der Waals surface area contributed by atoms with Crippen LogP contribution in [-0.4, -0.2) is 0 Å². The van der Waals surface area contributed by atoms with Gasteiger partial charge < -0.3 is 5.73 Å². The van der Waals surface area contributed by atoms with Gasteiger partial charge in [0.1, 0.15) is 0 Å². The molecule has 0 fully saturated rings. The van der Waals surface area contributed by atoms with Crippen LogP contribution in [-0.2, 0) is 0 Å². The van der Waals surface area contributed by atoms with E-state index in [4.69, 9.17) is 17.3 Å². The maximum atomic E-state index is 6.01. The van der Waals surface area contributed by atoms with Gasteiger partial charge in [0.2, 0.25) is 0 Å². The van der Waals surface area contributed by atoms with E-state index in [0.29, 0.717) is 5.02 Å². The van der Waals surface area contributed by atoms with Gasteiger partial charge >= 0.3 is 0 Å². The monoisotopic (exact) mass is 285 g/mol. The normalized spacial score (nSPS) is 10.8. The van der Waals surface area contributed by atoms with Crippen LogP contribution in [0.25, 0.3) is 10.8 Å². The van der Waals surface area contributed by atoms with E-state index >= 15 is 0 Å². The van der Waals surface area contributed by atoms with Gasteiger partial charge in [0, 0.05) is 20.5 Å². The second-order valence-electron chi connectivity index (χ2n) is 4.29. The molecule has 3 rings (SSSR count). The number of anilines is 1. The topological polar surface area (TPSA) is 26.0 Å². The minimum absolute atomic E-state index is 0.706. The molecule has 0 saturated carbocycles. The lowest BCUT2D eigenvalue weighted by Crippen LogP contribution is -1.87. The molecule has 19 heavy (non-hydrogen) atoms. The molecule has 1 nitrogen and oxygen atoms in total. The van der Waals surface area contributed by atoms with E-state index in [1.165, 1.54) is 10.8 Å². The number of nitrogens with two attached hydrogens (primary N) is 1. The first-order chi connectivity index (χ1) is 9.22. The van der Waals surface area contributed by atoms with E-state index in [1.807, 2.05) is 24.3 Å². The van der Waals surface area contributed by atoms with E-state index in [0.717, 1.165) is 15.5 Å². The molecule has 0 radical (unpaired) electrons. The molecule has 3 aromatic rings. The summed E-state index contributed by atoms with van der Waals surface area (Å²) in [5.74, 6) is 0. The smallest absolute Gasteiger partial charge is 0.0456 e. The molecule has 0 aromatic heterocycles. The highest BCUT2D eigenvalue weighted by Gasteiger charge is 2.04. The molecule has 0 saturated heterocycles. The van der Waals surface area contributed by atoms with Gasteiger partial charge in [0.05, 0.1) is 0 Å². The predicted octanol–water partition coefficient (Wildman–Crippen LogP) is 5.23. The van der Waals surface area contributed by atoms with Crippen LogP contribution in [0.3, 0.4) is 0 Å². The number of halogens is 1. The van der Waals surface area contributed by atoms with Crippen LogP contribution in [0.4, 0.5) is 5.69 Å². The van der Waals surface area contributed by atoms with E-state index < -0.39 is 0 Å². The molecule has 0 aliphatic heterocycles. The lowest BCUT2D eigenvalue weighted by molar-refractivity contribution is 1.42. The van der Waals surface area contributed by atoms with Crippen molar-refractivity contribution >= 4 is 39.8 Å². The average molecular weight is 286 g/mol. The van der Waals surface area contributed by atoms with Crippen molar-refractivity contribution in [2.24, 2.45) is 0 Å². The Morgan fingerprint density at radius 2 is 1.63 bits per heavy atom. The Kier molecular flexibility index (Phi) is 3.36. The maximum Gasteiger partial charge on any atom is 0.0456 e. The van der Waals surface area contributed by atoms with Crippen molar-refractivity contribution in [2.75, 3.05) is 5.73 Å². The van der Waals surface area contributed by atoms with Gasteiger partial charge in [0.25, 0.3) is 0 Å². The molecule has 0 aliphatic carbocycles. The summed E-state index contributed by atoms with van der Waals surface area (Å²) in [6.07, 6.45) is 0. The summed E-state index contributed by atoms with van der Waals surface area (Å²) < 4.78 is 0. The minimum Gasteiger partial charge on any atom is -0.398 e. The number of benzene rings is 3. The van der Waals surface area contributed by atoms with Gasteiger partial charge in [0.15, 0.2) is 0 Å². The Labute approximate surface area is 121 Å². The van der Waals surface area contributed by atoms with Gasteiger partial charge in [-0.3, -0.25) is 0 Å². The van der Waals surface area contributed by atoms with Crippen LogP contribution in [0.1, 0.15) is 0 Å². The molecule has 0 bridgehead atoms. The first-order valence-corrected chi connectivity index (χ1v) is 7.13. The molecule has 0 amide bonds. The second-order valence-corrected chi connectivity index (χ2v) is 5.84. The highest BCUT2D eigenvalue weighted by Crippen LogP contribution is 2.35. The first kappa shape index (κ1) is 12.4. The van der Waals surface area contributed by atoms with Crippen molar-refractivity contribution in [3.63, 3.8) is 0 Å². The molecule has 0 unspecified atom stereocenters. The van der Waals surface area contributed by atoms with Crippen molar-refractivity contribution < 1.29 is 0 Å². The van der Waals surface area contributed by atoms with Gasteiger partial charge in [-0.05, 0) is 41.1 Å².